The van der Waals surface area contributed by atoms with Gasteiger partial charge in [-0.05, 0) is 57.2 Å². The first-order chi connectivity index (χ1) is 16.8. The molecule has 0 saturated heterocycles. The molecule has 184 valence electrons. The number of nitrogens with zero attached hydrogens (tertiary/aromatic N) is 1. The van der Waals surface area contributed by atoms with E-state index >= 15 is 0 Å². The van der Waals surface area contributed by atoms with Crippen molar-refractivity contribution in [1.82, 2.24) is 10.5 Å². The molecule has 3 rings (SSSR count). The summed E-state index contributed by atoms with van der Waals surface area (Å²) in [6, 6.07) is 11.0. The number of rotatable bonds is 10. The minimum Gasteiger partial charge on any atom is -0.493 e. The van der Waals surface area contributed by atoms with Crippen LogP contribution < -0.4 is 20.1 Å². The van der Waals surface area contributed by atoms with Crippen molar-refractivity contribution < 1.29 is 33.1 Å². The third kappa shape index (κ3) is 6.59. The first kappa shape index (κ1) is 25.3. The fourth-order valence-electron chi connectivity index (χ4n) is 3.18. The van der Waals surface area contributed by atoms with Crippen LogP contribution in [-0.2, 0) is 16.1 Å². The first-order valence-corrected chi connectivity index (χ1v) is 10.9. The predicted octanol–water partition coefficient (Wildman–Crippen LogP) is 3.42. The highest BCUT2D eigenvalue weighted by Gasteiger charge is 2.16. The van der Waals surface area contributed by atoms with Gasteiger partial charge in [0, 0.05) is 17.8 Å². The van der Waals surface area contributed by atoms with Crippen molar-refractivity contribution in [2.75, 3.05) is 25.6 Å². The molecule has 35 heavy (non-hydrogen) atoms. The van der Waals surface area contributed by atoms with E-state index in [2.05, 4.69) is 15.8 Å². The number of hydrogen-bond acceptors (Lipinski definition) is 8. The number of aromatic nitrogens is 1. The van der Waals surface area contributed by atoms with Crippen molar-refractivity contribution in [3.05, 3.63) is 70.6 Å². The van der Waals surface area contributed by atoms with E-state index in [0.29, 0.717) is 35.1 Å². The second kappa shape index (κ2) is 11.7. The molecule has 10 heteroatoms. The van der Waals surface area contributed by atoms with Crippen LogP contribution in [0.15, 0.2) is 47.0 Å². The van der Waals surface area contributed by atoms with Gasteiger partial charge in [-0.1, -0.05) is 11.2 Å². The smallest absolute Gasteiger partial charge is 0.338 e. The highest BCUT2D eigenvalue weighted by Crippen LogP contribution is 2.29. The molecule has 0 aliphatic carbocycles. The van der Waals surface area contributed by atoms with Gasteiger partial charge in [0.2, 0.25) is 0 Å². The van der Waals surface area contributed by atoms with Crippen LogP contribution in [-0.4, -0.2) is 43.2 Å². The number of carbonyl (C=O) groups excluding carboxylic acids is 3. The van der Waals surface area contributed by atoms with E-state index in [1.807, 2.05) is 13.8 Å². The highest BCUT2D eigenvalue weighted by molar-refractivity contribution is 5.98. The lowest BCUT2D eigenvalue weighted by Crippen LogP contribution is -2.23. The van der Waals surface area contributed by atoms with Crippen LogP contribution in [0.25, 0.3) is 0 Å². The third-order valence-electron chi connectivity index (χ3n) is 5.03. The fraction of sp³-hybridized carbons (Fsp3) is 0.280. The quantitative estimate of drug-likeness (QED) is 0.422. The van der Waals surface area contributed by atoms with E-state index in [-0.39, 0.29) is 18.1 Å². The maximum absolute atomic E-state index is 12.5. The first-order valence-electron chi connectivity index (χ1n) is 10.9. The van der Waals surface area contributed by atoms with Crippen LogP contribution in [0.5, 0.6) is 11.5 Å². The molecule has 2 N–H and O–H groups in total. The Kier molecular flexibility index (Phi) is 8.44. The SMILES string of the molecule is CCNC(=O)c1cccc(NC(=O)COC(=O)c2ccc(OCc3c(C)noc3C)c(OC)c2)c1. The van der Waals surface area contributed by atoms with E-state index in [1.165, 1.54) is 25.3 Å². The van der Waals surface area contributed by atoms with E-state index in [4.69, 9.17) is 18.7 Å². The van der Waals surface area contributed by atoms with E-state index in [0.717, 1.165) is 11.3 Å². The summed E-state index contributed by atoms with van der Waals surface area (Å²) in [5.74, 6) is -0.0739. The third-order valence-corrected chi connectivity index (χ3v) is 5.03. The molecule has 2 aromatic carbocycles. The van der Waals surface area contributed by atoms with Gasteiger partial charge in [0.05, 0.1) is 23.9 Å². The average Bonchev–Trinajstić information content (AvgIpc) is 3.18. The summed E-state index contributed by atoms with van der Waals surface area (Å²) in [7, 11) is 1.45. The molecular formula is C25H27N3O7. The molecule has 0 fully saturated rings. The Morgan fingerprint density at radius 2 is 1.83 bits per heavy atom. The van der Waals surface area contributed by atoms with Gasteiger partial charge in [-0.3, -0.25) is 9.59 Å². The number of amides is 2. The Balaban J connectivity index is 1.57. The van der Waals surface area contributed by atoms with E-state index in [9.17, 15) is 14.4 Å². The molecule has 0 bridgehead atoms. The lowest BCUT2D eigenvalue weighted by atomic mass is 10.2. The summed E-state index contributed by atoms with van der Waals surface area (Å²) >= 11 is 0. The fourth-order valence-corrected chi connectivity index (χ4v) is 3.18. The van der Waals surface area contributed by atoms with Crippen molar-refractivity contribution in [3.8, 4) is 11.5 Å². The normalized spacial score (nSPS) is 10.4. The Morgan fingerprint density at radius 1 is 1.03 bits per heavy atom. The summed E-state index contributed by atoms with van der Waals surface area (Å²) in [5, 5.41) is 9.18. The van der Waals surface area contributed by atoms with Gasteiger partial charge in [-0.15, -0.1) is 0 Å². The zero-order valence-electron chi connectivity index (χ0n) is 20.0. The predicted molar refractivity (Wildman–Crippen MR) is 127 cm³/mol. The number of anilines is 1. The molecular weight excluding hydrogens is 454 g/mol. The summed E-state index contributed by atoms with van der Waals surface area (Å²) in [6.07, 6.45) is 0. The molecule has 1 heterocycles. The molecule has 0 aliphatic heterocycles. The van der Waals surface area contributed by atoms with Gasteiger partial charge in [-0.2, -0.15) is 0 Å². The molecule has 1 aromatic heterocycles. The summed E-state index contributed by atoms with van der Waals surface area (Å²) in [5.41, 5.74) is 2.58. The maximum Gasteiger partial charge on any atom is 0.338 e. The largest absolute Gasteiger partial charge is 0.493 e. The van der Waals surface area contributed by atoms with Crippen molar-refractivity contribution in [3.63, 3.8) is 0 Å². The number of methoxy groups -OCH3 is 1. The average molecular weight is 482 g/mol. The lowest BCUT2D eigenvalue weighted by Gasteiger charge is -2.12. The second-order valence-electron chi connectivity index (χ2n) is 7.52. The molecule has 0 saturated carbocycles. The number of carbonyl (C=O) groups is 3. The van der Waals surface area contributed by atoms with E-state index in [1.54, 1.807) is 31.2 Å². The molecule has 0 unspecified atom stereocenters. The molecule has 3 aromatic rings. The van der Waals surface area contributed by atoms with Crippen molar-refractivity contribution in [2.45, 2.75) is 27.4 Å². The van der Waals surface area contributed by atoms with Crippen LogP contribution in [0.2, 0.25) is 0 Å². The Morgan fingerprint density at radius 3 is 2.51 bits per heavy atom. The van der Waals surface area contributed by atoms with Gasteiger partial charge < -0.3 is 29.4 Å². The zero-order chi connectivity index (χ0) is 25.4. The summed E-state index contributed by atoms with van der Waals surface area (Å²) in [6.45, 7) is 5.64. The van der Waals surface area contributed by atoms with Crippen LogP contribution >= 0.6 is 0 Å². The van der Waals surface area contributed by atoms with Crippen molar-refractivity contribution in [1.29, 1.82) is 0 Å². The van der Waals surface area contributed by atoms with Crippen LogP contribution in [0.3, 0.4) is 0 Å². The standard InChI is InChI=1S/C25H27N3O7/c1-5-26-24(30)17-7-6-8-19(11-17)27-23(29)14-34-25(31)18-9-10-21(22(12-18)32-4)33-13-20-15(2)28-35-16(20)3/h6-12H,5,13-14H2,1-4H3,(H,26,30)(H,27,29). The van der Waals surface area contributed by atoms with Gasteiger partial charge in [-0.25, -0.2) is 4.79 Å². The minimum absolute atomic E-state index is 0.192. The van der Waals surface area contributed by atoms with E-state index < -0.39 is 18.5 Å². The monoisotopic (exact) mass is 481 g/mol. The minimum atomic E-state index is -0.702. The molecule has 0 atom stereocenters. The van der Waals surface area contributed by atoms with Crippen LogP contribution in [0, 0.1) is 13.8 Å². The van der Waals surface area contributed by atoms with Crippen molar-refractivity contribution >= 4 is 23.5 Å². The van der Waals surface area contributed by atoms with Crippen LogP contribution in [0.4, 0.5) is 5.69 Å². The van der Waals surface area contributed by atoms with Crippen molar-refractivity contribution in [2.24, 2.45) is 0 Å². The molecule has 0 radical (unpaired) electrons. The van der Waals surface area contributed by atoms with Gasteiger partial charge in [0.15, 0.2) is 18.1 Å². The van der Waals surface area contributed by atoms with Crippen LogP contribution in [0.1, 0.15) is 44.7 Å². The molecule has 0 spiro atoms. The Bertz CT molecular complexity index is 1200. The van der Waals surface area contributed by atoms with Gasteiger partial charge >= 0.3 is 5.97 Å². The Labute approximate surface area is 202 Å². The number of hydrogen-bond donors (Lipinski definition) is 2. The number of esters is 1. The number of nitrogens with one attached hydrogen (secondary N) is 2. The number of ether oxygens (including phenoxy) is 3. The highest BCUT2D eigenvalue weighted by atomic mass is 16.5. The molecule has 10 nitrogen and oxygen atoms in total. The number of aryl methyl sites for hydroxylation is 2. The summed E-state index contributed by atoms with van der Waals surface area (Å²) < 4.78 is 21.4. The molecule has 0 aliphatic rings. The van der Waals surface area contributed by atoms with Gasteiger partial charge in [0.25, 0.3) is 11.8 Å². The Hall–Kier alpha value is -4.34. The topological polar surface area (TPSA) is 129 Å². The van der Waals surface area contributed by atoms with Gasteiger partial charge in [0.1, 0.15) is 12.4 Å². The summed E-state index contributed by atoms with van der Waals surface area (Å²) in [4.78, 5) is 36.6. The maximum atomic E-state index is 12.5. The lowest BCUT2D eigenvalue weighted by molar-refractivity contribution is -0.119. The second-order valence-corrected chi connectivity index (χ2v) is 7.52. The number of benzene rings is 2. The zero-order valence-corrected chi connectivity index (χ0v) is 20.0. The molecule has 2 amide bonds.